The van der Waals surface area contributed by atoms with Gasteiger partial charge in [-0.3, -0.25) is 0 Å². The van der Waals surface area contributed by atoms with Crippen LogP contribution in [0.3, 0.4) is 0 Å². The fourth-order valence-corrected chi connectivity index (χ4v) is 4.56. The number of fused-ring (bicyclic) bond motifs is 1. The predicted molar refractivity (Wildman–Crippen MR) is 112 cm³/mol. The number of alkyl halides is 3. The first-order chi connectivity index (χ1) is 14.5. The molecule has 0 bridgehead atoms. The zero-order valence-corrected chi connectivity index (χ0v) is 16.7. The van der Waals surface area contributed by atoms with Gasteiger partial charge in [-0.25, -0.2) is 4.98 Å². The molecule has 0 spiro atoms. The van der Waals surface area contributed by atoms with Crippen molar-refractivity contribution in [1.82, 2.24) is 9.55 Å². The van der Waals surface area contributed by atoms with Crippen LogP contribution in [0, 0.1) is 0 Å². The van der Waals surface area contributed by atoms with Gasteiger partial charge in [0, 0.05) is 11.4 Å². The summed E-state index contributed by atoms with van der Waals surface area (Å²) in [6.07, 6.45) is -4.44. The quantitative estimate of drug-likeness (QED) is 0.387. The Balaban J connectivity index is 1.88. The van der Waals surface area contributed by atoms with Crippen LogP contribution in [0.1, 0.15) is 22.2 Å². The number of hydrogen-bond acceptors (Lipinski definition) is 3. The lowest BCUT2D eigenvalue weighted by Gasteiger charge is -2.18. The number of nitrogens with zero attached hydrogens (tertiary/aromatic N) is 2. The maximum atomic E-state index is 13.2. The van der Waals surface area contributed by atoms with Crippen molar-refractivity contribution in [2.45, 2.75) is 22.9 Å². The van der Waals surface area contributed by atoms with E-state index in [1.54, 1.807) is 11.8 Å². The maximum Gasteiger partial charge on any atom is 0.416 e. The molecule has 1 unspecified atom stereocenters. The summed E-state index contributed by atoms with van der Waals surface area (Å²) < 4.78 is 41.4. The third kappa shape index (κ3) is 4.22. The number of hydrogen-bond donors (Lipinski definition) is 1. The fourth-order valence-electron chi connectivity index (χ4n) is 3.39. The highest BCUT2D eigenvalue weighted by Crippen LogP contribution is 2.41. The molecule has 30 heavy (non-hydrogen) atoms. The SMILES string of the molecule is OCCn1c(C(Sc2ccccc2)c2ccccc2)nc2cc(C(F)(F)F)ccc21. The predicted octanol–water partition coefficient (Wildman–Crippen LogP) is 5.93. The molecule has 0 amide bonds. The Hall–Kier alpha value is -2.77. The van der Waals surface area contributed by atoms with Crippen molar-refractivity contribution in [2.75, 3.05) is 6.61 Å². The molecule has 0 radical (unpaired) electrons. The molecule has 0 aliphatic rings. The second kappa shape index (κ2) is 8.53. The summed E-state index contributed by atoms with van der Waals surface area (Å²) in [7, 11) is 0. The van der Waals surface area contributed by atoms with E-state index in [4.69, 9.17) is 0 Å². The monoisotopic (exact) mass is 428 g/mol. The Kier molecular flexibility index (Phi) is 5.83. The molecule has 4 rings (SSSR count). The Labute approximate surface area is 176 Å². The van der Waals surface area contributed by atoms with Crippen molar-refractivity contribution in [2.24, 2.45) is 0 Å². The fraction of sp³-hybridized carbons (Fsp3) is 0.174. The normalized spacial score (nSPS) is 12.9. The molecule has 154 valence electrons. The molecular weight excluding hydrogens is 409 g/mol. The minimum Gasteiger partial charge on any atom is -0.395 e. The Morgan fingerprint density at radius 1 is 0.933 bits per heavy atom. The average Bonchev–Trinajstić information content (AvgIpc) is 3.10. The molecular formula is C23H19F3N2OS. The van der Waals surface area contributed by atoms with Crippen LogP contribution in [0.15, 0.2) is 83.8 Å². The van der Waals surface area contributed by atoms with E-state index in [0.717, 1.165) is 22.6 Å². The first kappa shape index (κ1) is 20.5. The van der Waals surface area contributed by atoms with Gasteiger partial charge in [0.05, 0.1) is 28.5 Å². The van der Waals surface area contributed by atoms with Crippen LogP contribution >= 0.6 is 11.8 Å². The van der Waals surface area contributed by atoms with Gasteiger partial charge in [0.15, 0.2) is 0 Å². The van der Waals surface area contributed by atoms with Crippen LogP contribution in [0.2, 0.25) is 0 Å². The number of benzene rings is 3. The van der Waals surface area contributed by atoms with Crippen LogP contribution in [-0.4, -0.2) is 21.3 Å². The van der Waals surface area contributed by atoms with Gasteiger partial charge in [0.1, 0.15) is 5.82 Å². The van der Waals surface area contributed by atoms with Crippen molar-refractivity contribution in [3.63, 3.8) is 0 Å². The van der Waals surface area contributed by atoms with E-state index in [9.17, 15) is 18.3 Å². The highest BCUT2D eigenvalue weighted by atomic mass is 32.2. The number of thioether (sulfide) groups is 1. The summed E-state index contributed by atoms with van der Waals surface area (Å²) in [6.45, 7) is 0.104. The second-order valence-electron chi connectivity index (χ2n) is 6.77. The van der Waals surface area contributed by atoms with Crippen LogP contribution < -0.4 is 0 Å². The van der Waals surface area contributed by atoms with Gasteiger partial charge in [0.25, 0.3) is 0 Å². The number of imidazole rings is 1. The second-order valence-corrected chi connectivity index (χ2v) is 7.95. The smallest absolute Gasteiger partial charge is 0.395 e. The Morgan fingerprint density at radius 2 is 1.60 bits per heavy atom. The molecule has 0 saturated heterocycles. The standard InChI is InChI=1S/C23H19F3N2OS/c24-23(25,26)17-11-12-20-19(15-17)27-22(28(20)13-14-29)21(16-7-3-1-4-8-16)30-18-9-5-2-6-10-18/h1-12,15,21,29H,13-14H2. The van der Waals surface area contributed by atoms with Gasteiger partial charge in [-0.1, -0.05) is 48.5 Å². The Bertz CT molecular complexity index is 1130. The molecule has 3 aromatic carbocycles. The van der Waals surface area contributed by atoms with E-state index in [0.29, 0.717) is 11.3 Å². The molecule has 0 aliphatic carbocycles. The molecule has 7 heteroatoms. The lowest BCUT2D eigenvalue weighted by atomic mass is 10.1. The minimum absolute atomic E-state index is 0.142. The lowest BCUT2D eigenvalue weighted by molar-refractivity contribution is -0.137. The largest absolute Gasteiger partial charge is 0.416 e. The zero-order chi connectivity index (χ0) is 21.1. The third-order valence-electron chi connectivity index (χ3n) is 4.76. The lowest BCUT2D eigenvalue weighted by Crippen LogP contribution is -2.11. The molecule has 1 aromatic heterocycles. The van der Waals surface area contributed by atoms with Crippen molar-refractivity contribution in [3.05, 3.63) is 95.8 Å². The van der Waals surface area contributed by atoms with Gasteiger partial charge in [0.2, 0.25) is 0 Å². The van der Waals surface area contributed by atoms with Crippen LogP contribution in [0.5, 0.6) is 0 Å². The van der Waals surface area contributed by atoms with Gasteiger partial charge in [-0.05, 0) is 35.9 Å². The molecule has 4 aromatic rings. The van der Waals surface area contributed by atoms with Crippen molar-refractivity contribution < 1.29 is 18.3 Å². The molecule has 0 aliphatic heterocycles. The van der Waals surface area contributed by atoms with Crippen molar-refractivity contribution in [1.29, 1.82) is 0 Å². The van der Waals surface area contributed by atoms with E-state index < -0.39 is 11.7 Å². The molecule has 1 N–H and O–H groups in total. The topological polar surface area (TPSA) is 38.0 Å². The number of halogens is 3. The molecule has 1 atom stereocenters. The van der Waals surface area contributed by atoms with Gasteiger partial charge >= 0.3 is 6.18 Å². The summed E-state index contributed by atoms with van der Waals surface area (Å²) in [6, 6.07) is 23.1. The van der Waals surface area contributed by atoms with Gasteiger partial charge in [-0.15, -0.1) is 11.8 Å². The van der Waals surface area contributed by atoms with E-state index >= 15 is 0 Å². The number of aliphatic hydroxyl groups excluding tert-OH is 1. The van der Waals surface area contributed by atoms with E-state index in [1.165, 1.54) is 6.07 Å². The molecule has 3 nitrogen and oxygen atoms in total. The van der Waals surface area contributed by atoms with Crippen LogP contribution in [0.25, 0.3) is 11.0 Å². The average molecular weight is 428 g/mol. The molecule has 0 fully saturated rings. The summed E-state index contributed by atoms with van der Waals surface area (Å²) in [4.78, 5) is 5.63. The van der Waals surface area contributed by atoms with Gasteiger partial charge in [-0.2, -0.15) is 13.2 Å². The summed E-state index contributed by atoms with van der Waals surface area (Å²) in [5.74, 6) is 0.610. The first-order valence-corrected chi connectivity index (χ1v) is 10.3. The van der Waals surface area contributed by atoms with E-state index in [1.807, 2.05) is 65.2 Å². The molecule has 1 heterocycles. The summed E-state index contributed by atoms with van der Waals surface area (Å²) in [5, 5.41) is 9.36. The van der Waals surface area contributed by atoms with E-state index in [2.05, 4.69) is 4.98 Å². The van der Waals surface area contributed by atoms with Crippen LogP contribution in [-0.2, 0) is 12.7 Å². The first-order valence-electron chi connectivity index (χ1n) is 9.42. The van der Waals surface area contributed by atoms with Gasteiger partial charge < -0.3 is 9.67 Å². The van der Waals surface area contributed by atoms with E-state index in [-0.39, 0.29) is 23.9 Å². The third-order valence-corrected chi connectivity index (χ3v) is 6.03. The number of rotatable bonds is 6. The zero-order valence-electron chi connectivity index (χ0n) is 15.9. The summed E-state index contributed by atoms with van der Waals surface area (Å²) >= 11 is 1.57. The highest BCUT2D eigenvalue weighted by molar-refractivity contribution is 7.99. The van der Waals surface area contributed by atoms with Crippen molar-refractivity contribution in [3.8, 4) is 0 Å². The highest BCUT2D eigenvalue weighted by Gasteiger charge is 2.31. The number of aliphatic hydroxyl groups is 1. The Morgan fingerprint density at radius 3 is 2.23 bits per heavy atom. The van der Waals surface area contributed by atoms with Crippen molar-refractivity contribution >= 4 is 22.8 Å². The molecule has 0 saturated carbocycles. The maximum absolute atomic E-state index is 13.2. The minimum atomic E-state index is -4.44. The van der Waals surface area contributed by atoms with Crippen LogP contribution in [0.4, 0.5) is 13.2 Å². The number of aromatic nitrogens is 2. The summed E-state index contributed by atoms with van der Waals surface area (Å²) in [5.41, 5.74) is 1.09.